The summed E-state index contributed by atoms with van der Waals surface area (Å²) in [6, 6.07) is 17.7. The fourth-order valence-electron chi connectivity index (χ4n) is 3.57. The molecule has 4 heteroatoms. The molecule has 0 bridgehead atoms. The summed E-state index contributed by atoms with van der Waals surface area (Å²) in [5.74, 6) is -0.0860. The van der Waals surface area contributed by atoms with Gasteiger partial charge in [0.2, 0.25) is 5.91 Å². The van der Waals surface area contributed by atoms with E-state index in [1.54, 1.807) is 0 Å². The molecule has 0 radical (unpaired) electrons. The Balaban J connectivity index is 1.54. The van der Waals surface area contributed by atoms with Crippen LogP contribution in [-0.2, 0) is 17.8 Å². The summed E-state index contributed by atoms with van der Waals surface area (Å²) in [5, 5.41) is 14.5. The van der Waals surface area contributed by atoms with E-state index in [4.69, 9.17) is 0 Å². The Hall–Kier alpha value is -2.59. The number of hydrogen-bond donors (Lipinski definition) is 2. The molecule has 4 nitrogen and oxygen atoms in total. The lowest BCUT2D eigenvalue weighted by Gasteiger charge is -2.31. The third-order valence-electron chi connectivity index (χ3n) is 4.80. The average Bonchev–Trinajstić information content (AvgIpc) is 3.01. The molecule has 122 valence electrons. The molecule has 0 fully saturated rings. The van der Waals surface area contributed by atoms with E-state index in [1.807, 2.05) is 59.3 Å². The van der Waals surface area contributed by atoms with Crippen LogP contribution in [0.1, 0.15) is 23.6 Å². The molecule has 1 heterocycles. The molecular formula is C20H20N2O2. The normalized spacial score (nSPS) is 19.9. The van der Waals surface area contributed by atoms with Crippen molar-refractivity contribution in [1.82, 2.24) is 9.88 Å². The zero-order valence-electron chi connectivity index (χ0n) is 13.4. The van der Waals surface area contributed by atoms with Crippen LogP contribution in [-0.4, -0.2) is 21.7 Å². The fraction of sp³-hybridized carbons (Fsp3) is 0.250. The van der Waals surface area contributed by atoms with Crippen molar-refractivity contribution in [3.63, 3.8) is 0 Å². The molecular weight excluding hydrogens is 300 g/mol. The smallest absolute Gasteiger partial charge is 0.240 e. The first kappa shape index (κ1) is 15.0. The topological polar surface area (TPSA) is 54.3 Å². The highest BCUT2D eigenvalue weighted by molar-refractivity contribution is 5.83. The lowest BCUT2D eigenvalue weighted by molar-refractivity contribution is -0.123. The van der Waals surface area contributed by atoms with Crippen LogP contribution < -0.4 is 5.32 Å². The van der Waals surface area contributed by atoms with Crippen LogP contribution in [0, 0.1) is 0 Å². The van der Waals surface area contributed by atoms with Crippen LogP contribution in [0.5, 0.6) is 0 Å². The number of hydrogen-bond acceptors (Lipinski definition) is 2. The van der Waals surface area contributed by atoms with E-state index in [-0.39, 0.29) is 18.5 Å². The number of aryl methyl sites for hydroxylation is 1. The first-order valence-electron chi connectivity index (χ1n) is 8.31. The molecule has 4 rings (SSSR count). The molecule has 0 spiro atoms. The van der Waals surface area contributed by atoms with Gasteiger partial charge >= 0.3 is 0 Å². The molecule has 2 aromatic carbocycles. The summed E-state index contributed by atoms with van der Waals surface area (Å²) in [6.45, 7) is 0.249. The Morgan fingerprint density at radius 3 is 2.83 bits per heavy atom. The largest absolute Gasteiger partial charge is 0.391 e. The van der Waals surface area contributed by atoms with E-state index in [2.05, 4.69) is 11.4 Å². The Morgan fingerprint density at radius 2 is 1.92 bits per heavy atom. The summed E-state index contributed by atoms with van der Waals surface area (Å²) in [7, 11) is 0. The van der Waals surface area contributed by atoms with Crippen molar-refractivity contribution in [2.45, 2.75) is 31.5 Å². The van der Waals surface area contributed by atoms with Gasteiger partial charge in [0, 0.05) is 11.7 Å². The molecule has 0 aliphatic heterocycles. The Kier molecular flexibility index (Phi) is 3.82. The van der Waals surface area contributed by atoms with Crippen molar-refractivity contribution in [1.29, 1.82) is 0 Å². The third-order valence-corrected chi connectivity index (χ3v) is 4.80. The van der Waals surface area contributed by atoms with E-state index >= 15 is 0 Å². The van der Waals surface area contributed by atoms with Crippen molar-refractivity contribution in [2.24, 2.45) is 0 Å². The van der Waals surface area contributed by atoms with Gasteiger partial charge in [-0.1, -0.05) is 42.5 Å². The van der Waals surface area contributed by atoms with Crippen molar-refractivity contribution < 1.29 is 9.90 Å². The minimum absolute atomic E-state index is 0.0860. The van der Waals surface area contributed by atoms with Gasteiger partial charge in [-0.05, 0) is 41.5 Å². The Bertz CT molecular complexity index is 884. The molecule has 0 saturated heterocycles. The number of aliphatic hydroxyl groups is 1. The predicted molar refractivity (Wildman–Crippen MR) is 93.6 cm³/mol. The molecule has 0 unspecified atom stereocenters. The maximum Gasteiger partial charge on any atom is 0.240 e. The van der Waals surface area contributed by atoms with E-state index in [0.29, 0.717) is 6.42 Å². The highest BCUT2D eigenvalue weighted by atomic mass is 16.3. The van der Waals surface area contributed by atoms with E-state index in [9.17, 15) is 9.90 Å². The van der Waals surface area contributed by atoms with Gasteiger partial charge in [-0.3, -0.25) is 4.79 Å². The number of rotatable bonds is 3. The standard InChI is InChI=1S/C20H20N2O2/c23-18-10-9-14-5-1-3-7-16(14)20(18)21-19(24)13-22-12-11-15-6-2-4-8-17(15)22/h1-8,11-12,18,20,23H,9-10,13H2,(H,21,24)/t18-,20+/m1/s1. The zero-order chi connectivity index (χ0) is 16.5. The minimum atomic E-state index is -0.537. The summed E-state index contributed by atoms with van der Waals surface area (Å²) in [6.07, 6.45) is 2.92. The van der Waals surface area contributed by atoms with Crippen LogP contribution in [0.25, 0.3) is 10.9 Å². The molecule has 1 aliphatic carbocycles. The quantitative estimate of drug-likeness (QED) is 0.780. The van der Waals surface area contributed by atoms with Crippen LogP contribution in [0.4, 0.5) is 0 Å². The zero-order valence-corrected chi connectivity index (χ0v) is 13.4. The number of nitrogens with one attached hydrogen (secondary N) is 1. The SMILES string of the molecule is O=C(Cn1ccc2ccccc21)N[C@H]1c2ccccc2CC[C@H]1O. The summed E-state index contributed by atoms with van der Waals surface area (Å²) in [5.41, 5.74) is 3.28. The number of carbonyl (C=O) groups excluding carboxylic acids is 1. The van der Waals surface area contributed by atoms with Gasteiger partial charge in [0.25, 0.3) is 0 Å². The van der Waals surface area contributed by atoms with Crippen LogP contribution in [0.15, 0.2) is 60.8 Å². The summed E-state index contributed by atoms with van der Waals surface area (Å²) in [4.78, 5) is 12.5. The Morgan fingerprint density at radius 1 is 1.12 bits per heavy atom. The van der Waals surface area contributed by atoms with Crippen molar-refractivity contribution >= 4 is 16.8 Å². The molecule has 1 aliphatic rings. The van der Waals surface area contributed by atoms with Crippen LogP contribution in [0.3, 0.4) is 0 Å². The summed E-state index contributed by atoms with van der Waals surface area (Å²) < 4.78 is 1.94. The number of para-hydroxylation sites is 1. The van der Waals surface area contributed by atoms with Gasteiger partial charge in [0.15, 0.2) is 0 Å². The highest BCUT2D eigenvalue weighted by Gasteiger charge is 2.29. The fourth-order valence-corrected chi connectivity index (χ4v) is 3.57. The van der Waals surface area contributed by atoms with Gasteiger partial charge < -0.3 is 15.0 Å². The number of nitrogens with zero attached hydrogens (tertiary/aromatic N) is 1. The van der Waals surface area contributed by atoms with E-state index in [1.165, 1.54) is 5.56 Å². The number of aromatic nitrogens is 1. The van der Waals surface area contributed by atoms with Crippen LogP contribution >= 0.6 is 0 Å². The number of aliphatic hydroxyl groups excluding tert-OH is 1. The first-order valence-corrected chi connectivity index (χ1v) is 8.31. The molecule has 24 heavy (non-hydrogen) atoms. The van der Waals surface area contributed by atoms with E-state index in [0.717, 1.165) is 22.9 Å². The van der Waals surface area contributed by atoms with Gasteiger partial charge in [-0.15, -0.1) is 0 Å². The second-order valence-electron chi connectivity index (χ2n) is 6.35. The molecule has 2 atom stereocenters. The lowest BCUT2D eigenvalue weighted by Crippen LogP contribution is -2.40. The lowest BCUT2D eigenvalue weighted by atomic mass is 9.85. The van der Waals surface area contributed by atoms with Gasteiger partial charge in [0.05, 0.1) is 12.1 Å². The molecule has 0 saturated carbocycles. The second-order valence-corrected chi connectivity index (χ2v) is 6.35. The predicted octanol–water partition coefficient (Wildman–Crippen LogP) is 2.81. The molecule has 2 N–H and O–H groups in total. The van der Waals surface area contributed by atoms with Gasteiger partial charge in [-0.2, -0.15) is 0 Å². The molecule has 3 aromatic rings. The third kappa shape index (κ3) is 2.69. The second kappa shape index (κ2) is 6.13. The Labute approximate surface area is 140 Å². The number of benzene rings is 2. The minimum Gasteiger partial charge on any atom is -0.391 e. The number of fused-ring (bicyclic) bond motifs is 2. The van der Waals surface area contributed by atoms with Gasteiger partial charge in [0.1, 0.15) is 6.54 Å². The molecule has 1 amide bonds. The number of amides is 1. The maximum absolute atomic E-state index is 12.5. The monoisotopic (exact) mass is 320 g/mol. The van der Waals surface area contributed by atoms with Crippen molar-refractivity contribution in [3.8, 4) is 0 Å². The first-order chi connectivity index (χ1) is 11.7. The van der Waals surface area contributed by atoms with Crippen molar-refractivity contribution in [2.75, 3.05) is 0 Å². The maximum atomic E-state index is 12.5. The highest BCUT2D eigenvalue weighted by Crippen LogP contribution is 2.29. The van der Waals surface area contributed by atoms with Crippen LogP contribution in [0.2, 0.25) is 0 Å². The number of carbonyl (C=O) groups is 1. The average molecular weight is 320 g/mol. The van der Waals surface area contributed by atoms with Crippen molar-refractivity contribution in [3.05, 3.63) is 71.9 Å². The summed E-state index contributed by atoms with van der Waals surface area (Å²) >= 11 is 0. The van der Waals surface area contributed by atoms with Gasteiger partial charge in [-0.25, -0.2) is 0 Å². The molecule has 1 aromatic heterocycles. The van der Waals surface area contributed by atoms with E-state index < -0.39 is 6.10 Å².